The van der Waals surface area contributed by atoms with Gasteiger partial charge in [-0.15, -0.1) is 3.89 Å². The van der Waals surface area contributed by atoms with Gasteiger partial charge in [0.05, 0.1) is 11.3 Å². The number of halogens is 1. The Kier molecular flexibility index (Phi) is 2.43. The highest BCUT2D eigenvalue weighted by molar-refractivity contribution is 7.86. The lowest BCUT2D eigenvalue weighted by molar-refractivity contribution is 0.0698. The molecule has 0 amide bonds. The first-order chi connectivity index (χ1) is 6.34. The second-order valence-electron chi connectivity index (χ2n) is 2.46. The standard InChI is InChI=1S/C7H6FNO4S/c8-14(12,13)5-3-1-2-4(6(5)9)7(10)11/h1-3H,9H2,(H,10,11). The molecule has 0 fully saturated rings. The van der Waals surface area contributed by atoms with Crippen LogP contribution in [-0.4, -0.2) is 19.5 Å². The Balaban J connectivity index is 3.51. The van der Waals surface area contributed by atoms with Crippen LogP contribution in [0.5, 0.6) is 0 Å². The summed E-state index contributed by atoms with van der Waals surface area (Å²) in [6, 6.07) is 3.09. The van der Waals surface area contributed by atoms with Crippen LogP contribution in [0.15, 0.2) is 23.1 Å². The van der Waals surface area contributed by atoms with E-state index in [2.05, 4.69) is 0 Å². The normalized spacial score (nSPS) is 11.2. The van der Waals surface area contributed by atoms with Crippen LogP contribution in [0.2, 0.25) is 0 Å². The van der Waals surface area contributed by atoms with Gasteiger partial charge >= 0.3 is 16.2 Å². The predicted octanol–water partition coefficient (Wildman–Crippen LogP) is 0.625. The molecule has 0 radical (unpaired) electrons. The summed E-state index contributed by atoms with van der Waals surface area (Å²) in [6.45, 7) is 0. The van der Waals surface area contributed by atoms with E-state index in [9.17, 15) is 17.1 Å². The first kappa shape index (κ1) is 10.5. The number of anilines is 1. The summed E-state index contributed by atoms with van der Waals surface area (Å²) in [4.78, 5) is 9.68. The summed E-state index contributed by atoms with van der Waals surface area (Å²) in [6.07, 6.45) is 0. The zero-order valence-corrected chi connectivity index (χ0v) is 7.58. The average molecular weight is 219 g/mol. The maximum atomic E-state index is 12.5. The molecule has 1 rings (SSSR count). The molecular formula is C7H6FNO4S. The number of nitrogens with two attached hydrogens (primary N) is 1. The van der Waals surface area contributed by atoms with E-state index in [1.807, 2.05) is 0 Å². The largest absolute Gasteiger partial charge is 0.478 e. The van der Waals surface area contributed by atoms with Gasteiger partial charge in [0.25, 0.3) is 0 Å². The summed E-state index contributed by atoms with van der Waals surface area (Å²) in [5.74, 6) is -1.41. The lowest BCUT2D eigenvalue weighted by Gasteiger charge is -2.03. The number of para-hydroxylation sites is 1. The van der Waals surface area contributed by atoms with Crippen molar-refractivity contribution in [2.45, 2.75) is 4.90 Å². The first-order valence-corrected chi connectivity index (χ1v) is 4.79. The third-order valence-corrected chi connectivity index (χ3v) is 2.44. The molecule has 0 heterocycles. The molecule has 3 N–H and O–H groups in total. The number of carbonyl (C=O) groups is 1. The van der Waals surface area contributed by atoms with Gasteiger partial charge in [0, 0.05) is 0 Å². The molecule has 0 bridgehead atoms. The minimum Gasteiger partial charge on any atom is -0.478 e. The van der Waals surface area contributed by atoms with E-state index in [4.69, 9.17) is 10.8 Å². The Labute approximate surface area is 79.2 Å². The van der Waals surface area contributed by atoms with Crippen molar-refractivity contribution in [3.8, 4) is 0 Å². The smallest absolute Gasteiger partial charge is 0.337 e. The summed E-state index contributed by atoms with van der Waals surface area (Å²) < 4.78 is 33.5. The molecule has 0 saturated heterocycles. The topological polar surface area (TPSA) is 97.5 Å². The zero-order valence-electron chi connectivity index (χ0n) is 6.77. The Morgan fingerprint density at radius 3 is 2.43 bits per heavy atom. The Morgan fingerprint density at radius 1 is 1.43 bits per heavy atom. The highest BCUT2D eigenvalue weighted by Gasteiger charge is 2.20. The van der Waals surface area contributed by atoms with Gasteiger partial charge < -0.3 is 10.8 Å². The maximum Gasteiger partial charge on any atom is 0.337 e. The molecular weight excluding hydrogens is 213 g/mol. The van der Waals surface area contributed by atoms with Crippen molar-refractivity contribution in [1.29, 1.82) is 0 Å². The van der Waals surface area contributed by atoms with E-state index in [1.165, 1.54) is 0 Å². The van der Waals surface area contributed by atoms with Crippen molar-refractivity contribution >= 4 is 21.9 Å². The van der Waals surface area contributed by atoms with E-state index in [0.29, 0.717) is 0 Å². The van der Waals surface area contributed by atoms with Crippen molar-refractivity contribution in [2.75, 3.05) is 5.73 Å². The van der Waals surface area contributed by atoms with E-state index in [1.54, 1.807) is 0 Å². The second-order valence-corrected chi connectivity index (χ2v) is 3.78. The van der Waals surface area contributed by atoms with Crippen molar-refractivity contribution in [3.63, 3.8) is 0 Å². The van der Waals surface area contributed by atoms with Gasteiger partial charge in [0.1, 0.15) is 4.90 Å². The monoisotopic (exact) mass is 219 g/mol. The predicted molar refractivity (Wildman–Crippen MR) is 46.1 cm³/mol. The fourth-order valence-corrected chi connectivity index (χ4v) is 1.56. The van der Waals surface area contributed by atoms with Crippen LogP contribution in [0.3, 0.4) is 0 Å². The van der Waals surface area contributed by atoms with Crippen LogP contribution in [0, 0.1) is 0 Å². The van der Waals surface area contributed by atoms with Gasteiger partial charge in [-0.2, -0.15) is 8.42 Å². The molecule has 76 valence electrons. The lowest BCUT2D eigenvalue weighted by Crippen LogP contribution is -2.06. The van der Waals surface area contributed by atoms with Gasteiger partial charge in [-0.1, -0.05) is 6.07 Å². The van der Waals surface area contributed by atoms with E-state index < -0.39 is 32.3 Å². The van der Waals surface area contributed by atoms with Crippen LogP contribution in [0.4, 0.5) is 9.57 Å². The molecule has 0 aliphatic carbocycles. The molecule has 1 aromatic carbocycles. The third kappa shape index (κ3) is 1.82. The molecule has 0 unspecified atom stereocenters. The Hall–Kier alpha value is -1.63. The number of hydrogen-bond donors (Lipinski definition) is 2. The van der Waals surface area contributed by atoms with Gasteiger partial charge in [0.2, 0.25) is 0 Å². The Morgan fingerprint density at radius 2 is 2.00 bits per heavy atom. The third-order valence-electron chi connectivity index (χ3n) is 1.56. The Bertz CT molecular complexity index is 482. The van der Waals surface area contributed by atoms with Crippen LogP contribution >= 0.6 is 0 Å². The van der Waals surface area contributed by atoms with Crippen LogP contribution < -0.4 is 5.73 Å². The van der Waals surface area contributed by atoms with Gasteiger partial charge in [-0.3, -0.25) is 0 Å². The molecule has 0 saturated carbocycles. The SMILES string of the molecule is Nc1c(C(=O)O)cccc1S(=O)(=O)F. The number of carboxylic acids is 1. The minimum absolute atomic E-state index is 0.441. The number of rotatable bonds is 2. The molecule has 0 atom stereocenters. The summed E-state index contributed by atoms with van der Waals surface area (Å²) in [7, 11) is -4.98. The van der Waals surface area contributed by atoms with Crippen molar-refractivity contribution in [1.82, 2.24) is 0 Å². The number of nitrogen functional groups attached to an aromatic ring is 1. The summed E-state index contributed by atoms with van der Waals surface area (Å²) in [5.41, 5.74) is 4.13. The lowest BCUT2D eigenvalue weighted by atomic mass is 10.2. The van der Waals surface area contributed by atoms with Gasteiger partial charge in [-0.05, 0) is 12.1 Å². The number of carboxylic acid groups (broad SMARTS) is 1. The molecule has 0 aliphatic rings. The van der Waals surface area contributed by atoms with E-state index in [0.717, 1.165) is 18.2 Å². The van der Waals surface area contributed by atoms with Crippen LogP contribution in [0.1, 0.15) is 10.4 Å². The maximum absolute atomic E-state index is 12.5. The van der Waals surface area contributed by atoms with Crippen molar-refractivity contribution < 1.29 is 22.2 Å². The molecule has 5 nitrogen and oxygen atoms in total. The minimum atomic E-state index is -4.98. The second kappa shape index (κ2) is 3.26. The van der Waals surface area contributed by atoms with Crippen molar-refractivity contribution in [2.24, 2.45) is 0 Å². The zero-order chi connectivity index (χ0) is 10.9. The molecule has 0 spiro atoms. The van der Waals surface area contributed by atoms with Crippen molar-refractivity contribution in [3.05, 3.63) is 23.8 Å². The van der Waals surface area contributed by atoms with Gasteiger partial charge in [0.15, 0.2) is 0 Å². The average Bonchev–Trinajstić information content (AvgIpc) is 2.01. The van der Waals surface area contributed by atoms with Crippen LogP contribution in [-0.2, 0) is 10.2 Å². The molecule has 7 heteroatoms. The van der Waals surface area contributed by atoms with E-state index >= 15 is 0 Å². The molecule has 14 heavy (non-hydrogen) atoms. The summed E-state index contributed by atoms with van der Waals surface area (Å²) >= 11 is 0. The van der Waals surface area contributed by atoms with Crippen LogP contribution in [0.25, 0.3) is 0 Å². The highest BCUT2D eigenvalue weighted by Crippen LogP contribution is 2.23. The quantitative estimate of drug-likeness (QED) is 0.561. The number of benzene rings is 1. The molecule has 0 aromatic heterocycles. The van der Waals surface area contributed by atoms with Gasteiger partial charge in [-0.25, -0.2) is 4.79 Å². The fraction of sp³-hybridized carbons (Fsp3) is 0. The van der Waals surface area contributed by atoms with E-state index in [-0.39, 0.29) is 0 Å². The number of aromatic carboxylic acids is 1. The molecule has 1 aromatic rings. The fourth-order valence-electron chi connectivity index (χ4n) is 0.943. The molecule has 0 aliphatic heterocycles. The summed E-state index contributed by atoms with van der Waals surface area (Å²) in [5, 5.41) is 8.56. The number of hydrogen-bond acceptors (Lipinski definition) is 4. The first-order valence-electron chi connectivity index (χ1n) is 3.40. The highest BCUT2D eigenvalue weighted by atomic mass is 32.3.